The molecule has 0 aromatic heterocycles. The van der Waals surface area contributed by atoms with Crippen LogP contribution in [-0.2, 0) is 4.74 Å². The molecule has 2 unspecified atom stereocenters. The number of hydrogen-bond donors (Lipinski definition) is 1. The van der Waals surface area contributed by atoms with Gasteiger partial charge in [0.05, 0.1) is 12.1 Å². The highest BCUT2D eigenvalue weighted by Crippen LogP contribution is 2.27. The Hall–Kier alpha value is -0.640. The van der Waals surface area contributed by atoms with E-state index in [1.54, 1.807) is 12.1 Å². The summed E-state index contributed by atoms with van der Waals surface area (Å²) in [5.41, 5.74) is 6.42. The molecule has 0 radical (unpaired) electrons. The molecule has 0 saturated carbocycles. The number of nitrogens with two attached hydrogens (primary N) is 1. The highest BCUT2D eigenvalue weighted by Gasteiger charge is 2.26. The van der Waals surface area contributed by atoms with E-state index < -0.39 is 6.04 Å². The van der Waals surface area contributed by atoms with Crippen LogP contribution in [0.25, 0.3) is 0 Å². The van der Waals surface area contributed by atoms with Crippen molar-refractivity contribution in [3.05, 3.63) is 34.6 Å². The fraction of sp³-hybridized carbons (Fsp3) is 0.455. The smallest absolute Gasteiger partial charge is 0.129 e. The van der Waals surface area contributed by atoms with Gasteiger partial charge in [0.2, 0.25) is 0 Å². The Morgan fingerprint density at radius 1 is 1.53 bits per heavy atom. The zero-order chi connectivity index (χ0) is 10.8. The standard InChI is InChI=1S/C11H13ClFNO/c12-7-3-4-8(9(13)6-7)11(14)10-2-1-5-15-10/h3-4,6,10-11H,1-2,5,14H2. The highest BCUT2D eigenvalue weighted by atomic mass is 35.5. The van der Waals surface area contributed by atoms with Gasteiger partial charge in [-0.1, -0.05) is 17.7 Å². The van der Waals surface area contributed by atoms with Crippen LogP contribution in [0.2, 0.25) is 5.02 Å². The molecule has 82 valence electrons. The average Bonchev–Trinajstić information content (AvgIpc) is 2.69. The number of halogens is 2. The predicted octanol–water partition coefficient (Wildman–Crippen LogP) is 2.66. The van der Waals surface area contributed by atoms with Crippen LogP contribution >= 0.6 is 11.6 Å². The van der Waals surface area contributed by atoms with Gasteiger partial charge in [0, 0.05) is 17.2 Å². The van der Waals surface area contributed by atoms with Gasteiger partial charge in [0.15, 0.2) is 0 Å². The van der Waals surface area contributed by atoms with Gasteiger partial charge >= 0.3 is 0 Å². The maximum absolute atomic E-state index is 13.5. The molecule has 0 amide bonds. The number of hydrogen-bond acceptors (Lipinski definition) is 2. The summed E-state index contributed by atoms with van der Waals surface area (Å²) in [5.74, 6) is -0.356. The third-order valence-electron chi connectivity index (χ3n) is 2.69. The molecule has 15 heavy (non-hydrogen) atoms. The van der Waals surface area contributed by atoms with Crippen LogP contribution in [-0.4, -0.2) is 12.7 Å². The summed E-state index contributed by atoms with van der Waals surface area (Å²) >= 11 is 5.67. The van der Waals surface area contributed by atoms with E-state index in [1.807, 2.05) is 0 Å². The van der Waals surface area contributed by atoms with Crippen LogP contribution in [0.5, 0.6) is 0 Å². The molecule has 2 rings (SSSR count). The molecule has 2 atom stereocenters. The molecule has 0 bridgehead atoms. The molecule has 0 aliphatic carbocycles. The van der Waals surface area contributed by atoms with E-state index in [4.69, 9.17) is 22.1 Å². The Kier molecular flexibility index (Phi) is 3.24. The maximum atomic E-state index is 13.5. The lowest BCUT2D eigenvalue weighted by atomic mass is 10.00. The second kappa shape index (κ2) is 4.47. The second-order valence-corrected chi connectivity index (χ2v) is 4.18. The first-order valence-corrected chi connectivity index (χ1v) is 5.38. The summed E-state index contributed by atoms with van der Waals surface area (Å²) in [7, 11) is 0. The summed E-state index contributed by atoms with van der Waals surface area (Å²) in [6.07, 6.45) is 1.82. The molecule has 1 aliphatic rings. The van der Waals surface area contributed by atoms with Crippen LogP contribution in [0.4, 0.5) is 4.39 Å². The van der Waals surface area contributed by atoms with Gasteiger partial charge in [-0.2, -0.15) is 0 Å². The van der Waals surface area contributed by atoms with Crippen molar-refractivity contribution < 1.29 is 9.13 Å². The third kappa shape index (κ3) is 2.30. The largest absolute Gasteiger partial charge is 0.376 e. The highest BCUT2D eigenvalue weighted by molar-refractivity contribution is 6.30. The fourth-order valence-corrected chi connectivity index (χ4v) is 2.02. The first-order chi connectivity index (χ1) is 7.18. The van der Waals surface area contributed by atoms with Crippen LogP contribution in [0.1, 0.15) is 24.4 Å². The Morgan fingerprint density at radius 3 is 2.93 bits per heavy atom. The molecule has 1 saturated heterocycles. The quantitative estimate of drug-likeness (QED) is 0.846. The Bertz CT molecular complexity index is 352. The number of rotatable bonds is 2. The van der Waals surface area contributed by atoms with Crippen LogP contribution in [0, 0.1) is 5.82 Å². The van der Waals surface area contributed by atoms with Crippen LogP contribution in [0.3, 0.4) is 0 Å². The zero-order valence-electron chi connectivity index (χ0n) is 8.25. The molecule has 2 nitrogen and oxygen atoms in total. The third-order valence-corrected chi connectivity index (χ3v) is 2.92. The van der Waals surface area contributed by atoms with Crippen molar-refractivity contribution in [2.24, 2.45) is 5.73 Å². The van der Waals surface area contributed by atoms with Crippen molar-refractivity contribution in [3.8, 4) is 0 Å². The molecule has 1 heterocycles. The molecule has 1 fully saturated rings. The first kappa shape index (κ1) is 10.9. The molecule has 1 aromatic rings. The van der Waals surface area contributed by atoms with Crippen molar-refractivity contribution >= 4 is 11.6 Å². The average molecular weight is 230 g/mol. The summed E-state index contributed by atoms with van der Waals surface area (Å²) in [6, 6.07) is 4.16. The van der Waals surface area contributed by atoms with E-state index in [-0.39, 0.29) is 11.9 Å². The summed E-state index contributed by atoms with van der Waals surface area (Å²) in [4.78, 5) is 0. The van der Waals surface area contributed by atoms with Gasteiger partial charge in [0.25, 0.3) is 0 Å². The van der Waals surface area contributed by atoms with E-state index in [9.17, 15) is 4.39 Å². The number of benzene rings is 1. The topological polar surface area (TPSA) is 35.2 Å². The van der Waals surface area contributed by atoms with Crippen molar-refractivity contribution in [1.29, 1.82) is 0 Å². The lowest BCUT2D eigenvalue weighted by Gasteiger charge is -2.19. The van der Waals surface area contributed by atoms with Gasteiger partial charge in [-0.15, -0.1) is 0 Å². The van der Waals surface area contributed by atoms with Crippen LogP contribution in [0.15, 0.2) is 18.2 Å². The minimum atomic E-state index is -0.398. The molecule has 4 heteroatoms. The maximum Gasteiger partial charge on any atom is 0.129 e. The number of ether oxygens (including phenoxy) is 1. The molecule has 1 aliphatic heterocycles. The first-order valence-electron chi connectivity index (χ1n) is 5.00. The van der Waals surface area contributed by atoms with Crippen molar-refractivity contribution in [1.82, 2.24) is 0 Å². The lowest BCUT2D eigenvalue weighted by molar-refractivity contribution is 0.0890. The van der Waals surface area contributed by atoms with Crippen molar-refractivity contribution in [2.75, 3.05) is 6.61 Å². The van der Waals surface area contributed by atoms with Gasteiger partial charge in [-0.25, -0.2) is 4.39 Å². The molecular weight excluding hydrogens is 217 g/mol. The summed E-state index contributed by atoms with van der Waals surface area (Å²) < 4.78 is 19.0. The Labute approximate surface area is 93.2 Å². The normalized spacial score (nSPS) is 23.0. The van der Waals surface area contributed by atoms with Gasteiger partial charge in [0.1, 0.15) is 5.82 Å². The SMILES string of the molecule is NC(c1ccc(Cl)cc1F)C1CCCO1. The van der Waals surface area contributed by atoms with E-state index in [0.717, 1.165) is 12.8 Å². The van der Waals surface area contributed by atoms with Crippen LogP contribution < -0.4 is 5.73 Å². The molecule has 1 aromatic carbocycles. The van der Waals surface area contributed by atoms with Crippen molar-refractivity contribution in [3.63, 3.8) is 0 Å². The van der Waals surface area contributed by atoms with Gasteiger partial charge in [-0.05, 0) is 25.0 Å². The van der Waals surface area contributed by atoms with Crippen molar-refractivity contribution in [2.45, 2.75) is 25.0 Å². The molecule has 0 spiro atoms. The Balaban J connectivity index is 2.20. The summed E-state index contributed by atoms with van der Waals surface area (Å²) in [6.45, 7) is 0.716. The molecular formula is C11H13ClFNO. The van der Waals surface area contributed by atoms with Gasteiger partial charge < -0.3 is 10.5 Å². The summed E-state index contributed by atoms with van der Waals surface area (Å²) in [5, 5.41) is 0.385. The lowest BCUT2D eigenvalue weighted by Crippen LogP contribution is -2.26. The predicted molar refractivity (Wildman–Crippen MR) is 57.3 cm³/mol. The Morgan fingerprint density at radius 2 is 2.33 bits per heavy atom. The minimum absolute atomic E-state index is 0.0688. The van der Waals surface area contributed by atoms with Gasteiger partial charge in [-0.3, -0.25) is 0 Å². The van der Waals surface area contributed by atoms with E-state index in [0.29, 0.717) is 17.2 Å². The second-order valence-electron chi connectivity index (χ2n) is 3.74. The molecule has 2 N–H and O–H groups in total. The van der Waals surface area contributed by atoms with E-state index in [1.165, 1.54) is 6.07 Å². The zero-order valence-corrected chi connectivity index (χ0v) is 9.01. The van der Waals surface area contributed by atoms with E-state index in [2.05, 4.69) is 0 Å². The minimum Gasteiger partial charge on any atom is -0.376 e. The fourth-order valence-electron chi connectivity index (χ4n) is 1.86. The van der Waals surface area contributed by atoms with E-state index >= 15 is 0 Å². The monoisotopic (exact) mass is 229 g/mol.